The molecule has 1 saturated heterocycles. The van der Waals surface area contributed by atoms with Gasteiger partial charge in [-0.2, -0.15) is 4.68 Å². The molecule has 1 N–H and O–H groups in total. The van der Waals surface area contributed by atoms with Gasteiger partial charge in [-0.1, -0.05) is 30.0 Å². The predicted molar refractivity (Wildman–Crippen MR) is 79.3 cm³/mol. The fourth-order valence-electron chi connectivity index (χ4n) is 2.59. The Kier molecular flexibility index (Phi) is 4.65. The molecule has 0 unspecified atom stereocenters. The number of nitrogens with zero attached hydrogens (tertiary/aromatic N) is 4. The number of hydrogen-bond donors (Lipinski definition) is 1. The minimum absolute atomic E-state index is 0.882. The van der Waals surface area contributed by atoms with E-state index in [1.54, 1.807) is 16.7 Å². The molecule has 5 nitrogen and oxygen atoms in total. The van der Waals surface area contributed by atoms with Crippen molar-refractivity contribution in [1.82, 2.24) is 20.2 Å². The van der Waals surface area contributed by atoms with Crippen LogP contribution in [-0.4, -0.2) is 45.6 Å². The van der Waals surface area contributed by atoms with Crippen molar-refractivity contribution in [2.24, 2.45) is 0 Å². The SMILES string of the molecule is c1ccc(-n2nnnc2SCC[NH+]2CCCCC2)cc1. The molecule has 0 radical (unpaired) electrons. The standard InChI is InChI=1S/C14H19N5S/c1-3-7-13(8-4-1)19-14(15-16-17-19)20-12-11-18-9-5-2-6-10-18/h1,3-4,7-8H,2,5-6,9-12H2/p+1. The van der Waals surface area contributed by atoms with Crippen molar-refractivity contribution in [3.63, 3.8) is 0 Å². The van der Waals surface area contributed by atoms with E-state index in [1.807, 2.05) is 35.0 Å². The number of quaternary nitrogens is 1. The van der Waals surface area contributed by atoms with Gasteiger partial charge >= 0.3 is 0 Å². The summed E-state index contributed by atoms with van der Waals surface area (Å²) in [4.78, 5) is 1.72. The van der Waals surface area contributed by atoms with Gasteiger partial charge in [-0.25, -0.2) is 0 Å². The van der Waals surface area contributed by atoms with Crippen LogP contribution in [0.1, 0.15) is 19.3 Å². The second kappa shape index (κ2) is 6.85. The third-order valence-electron chi connectivity index (χ3n) is 3.69. The normalized spacial score (nSPS) is 16.4. The number of likely N-dealkylation sites (tertiary alicyclic amines) is 1. The first-order valence-electron chi connectivity index (χ1n) is 7.23. The Labute approximate surface area is 123 Å². The van der Waals surface area contributed by atoms with Gasteiger partial charge in [0, 0.05) is 0 Å². The average Bonchev–Trinajstić information content (AvgIpc) is 2.98. The van der Waals surface area contributed by atoms with E-state index in [0.717, 1.165) is 16.6 Å². The number of rotatable bonds is 5. The lowest BCUT2D eigenvalue weighted by Crippen LogP contribution is -3.13. The highest BCUT2D eigenvalue weighted by Gasteiger charge is 2.14. The van der Waals surface area contributed by atoms with Crippen LogP contribution >= 0.6 is 11.8 Å². The molecule has 1 aliphatic rings. The number of hydrogen-bond acceptors (Lipinski definition) is 4. The maximum absolute atomic E-state index is 4.13. The van der Waals surface area contributed by atoms with Crippen molar-refractivity contribution in [3.8, 4) is 5.69 Å². The number of nitrogens with one attached hydrogen (secondary N) is 1. The Bertz CT molecular complexity index is 521. The molecular formula is C14H20N5S+. The van der Waals surface area contributed by atoms with Gasteiger partial charge in [-0.05, 0) is 41.8 Å². The number of thioether (sulfide) groups is 1. The molecular weight excluding hydrogens is 270 g/mol. The third-order valence-corrected chi connectivity index (χ3v) is 4.61. The lowest BCUT2D eigenvalue weighted by atomic mass is 10.1. The molecule has 0 bridgehead atoms. The van der Waals surface area contributed by atoms with E-state index in [2.05, 4.69) is 15.5 Å². The van der Waals surface area contributed by atoms with Crippen molar-refractivity contribution < 1.29 is 4.90 Å². The van der Waals surface area contributed by atoms with Crippen LogP contribution in [0.4, 0.5) is 0 Å². The average molecular weight is 290 g/mol. The molecule has 0 amide bonds. The molecule has 3 rings (SSSR count). The summed E-state index contributed by atoms with van der Waals surface area (Å²) in [6.45, 7) is 3.85. The van der Waals surface area contributed by atoms with Crippen molar-refractivity contribution >= 4 is 11.8 Å². The Morgan fingerprint density at radius 1 is 1.10 bits per heavy atom. The summed E-state index contributed by atoms with van der Waals surface area (Å²) in [5.74, 6) is 1.07. The number of tetrazole rings is 1. The minimum atomic E-state index is 0.882. The van der Waals surface area contributed by atoms with E-state index in [9.17, 15) is 0 Å². The quantitative estimate of drug-likeness (QED) is 0.829. The van der Waals surface area contributed by atoms with Gasteiger partial charge < -0.3 is 4.90 Å². The number of aromatic nitrogens is 4. The van der Waals surface area contributed by atoms with E-state index in [1.165, 1.54) is 38.9 Å². The van der Waals surface area contributed by atoms with Crippen LogP contribution < -0.4 is 4.90 Å². The monoisotopic (exact) mass is 290 g/mol. The summed E-state index contributed by atoms with van der Waals surface area (Å²) in [5, 5.41) is 12.9. The van der Waals surface area contributed by atoms with E-state index in [0.29, 0.717) is 0 Å². The lowest BCUT2D eigenvalue weighted by molar-refractivity contribution is -0.902. The van der Waals surface area contributed by atoms with E-state index < -0.39 is 0 Å². The fourth-order valence-corrected chi connectivity index (χ4v) is 3.52. The lowest BCUT2D eigenvalue weighted by Gasteiger charge is -2.23. The minimum Gasteiger partial charge on any atom is -0.334 e. The predicted octanol–water partition coefficient (Wildman–Crippen LogP) is 0.823. The number of para-hydroxylation sites is 1. The maximum atomic E-state index is 4.13. The van der Waals surface area contributed by atoms with Gasteiger partial charge in [0.15, 0.2) is 0 Å². The van der Waals surface area contributed by atoms with Crippen LogP contribution in [0.5, 0.6) is 0 Å². The zero-order chi connectivity index (χ0) is 13.6. The van der Waals surface area contributed by atoms with Crippen molar-refractivity contribution in [1.29, 1.82) is 0 Å². The van der Waals surface area contributed by atoms with Crippen molar-refractivity contribution in [2.45, 2.75) is 24.4 Å². The Morgan fingerprint density at radius 3 is 2.70 bits per heavy atom. The molecule has 0 aliphatic carbocycles. The molecule has 0 saturated carbocycles. The summed E-state index contributed by atoms with van der Waals surface area (Å²) in [6.07, 6.45) is 4.16. The fraction of sp³-hybridized carbons (Fsp3) is 0.500. The van der Waals surface area contributed by atoms with Gasteiger partial charge in [0.1, 0.15) is 0 Å². The van der Waals surface area contributed by atoms with Crippen LogP contribution in [0.2, 0.25) is 0 Å². The Hall–Kier alpha value is -1.40. The third kappa shape index (κ3) is 3.37. The first-order valence-corrected chi connectivity index (χ1v) is 8.22. The highest BCUT2D eigenvalue weighted by molar-refractivity contribution is 7.99. The zero-order valence-corrected chi connectivity index (χ0v) is 12.4. The summed E-state index contributed by atoms with van der Waals surface area (Å²) in [5.41, 5.74) is 1.02. The molecule has 6 heteroatoms. The molecule has 106 valence electrons. The van der Waals surface area contributed by atoms with Crippen LogP contribution in [0.25, 0.3) is 5.69 Å². The molecule has 1 aliphatic heterocycles. The van der Waals surface area contributed by atoms with Gasteiger partial charge in [0.25, 0.3) is 0 Å². The maximum Gasteiger partial charge on any atom is 0.214 e. The highest BCUT2D eigenvalue weighted by atomic mass is 32.2. The van der Waals surface area contributed by atoms with Crippen LogP contribution in [0.3, 0.4) is 0 Å². The second-order valence-corrected chi connectivity index (χ2v) is 6.18. The van der Waals surface area contributed by atoms with Crippen LogP contribution in [0, 0.1) is 0 Å². The van der Waals surface area contributed by atoms with E-state index in [-0.39, 0.29) is 0 Å². The molecule has 1 aromatic heterocycles. The molecule has 0 atom stereocenters. The summed E-state index contributed by atoms with van der Waals surface area (Å²) in [6, 6.07) is 10.1. The van der Waals surface area contributed by atoms with Crippen molar-refractivity contribution in [2.75, 3.05) is 25.4 Å². The first-order chi connectivity index (χ1) is 9.93. The van der Waals surface area contributed by atoms with E-state index >= 15 is 0 Å². The van der Waals surface area contributed by atoms with E-state index in [4.69, 9.17) is 0 Å². The van der Waals surface area contributed by atoms with Crippen LogP contribution in [-0.2, 0) is 0 Å². The van der Waals surface area contributed by atoms with Gasteiger partial charge in [-0.15, -0.1) is 5.10 Å². The number of benzene rings is 1. The molecule has 1 aromatic carbocycles. The Morgan fingerprint density at radius 2 is 1.90 bits per heavy atom. The zero-order valence-electron chi connectivity index (χ0n) is 11.5. The molecule has 0 spiro atoms. The van der Waals surface area contributed by atoms with Gasteiger partial charge in [-0.3, -0.25) is 0 Å². The Balaban J connectivity index is 1.57. The van der Waals surface area contributed by atoms with Gasteiger partial charge in [0.2, 0.25) is 5.16 Å². The second-order valence-electron chi connectivity index (χ2n) is 5.12. The van der Waals surface area contributed by atoms with Gasteiger partial charge in [0.05, 0.1) is 31.1 Å². The number of piperidine rings is 1. The van der Waals surface area contributed by atoms with Crippen molar-refractivity contribution in [3.05, 3.63) is 30.3 Å². The summed E-state index contributed by atoms with van der Waals surface area (Å²) < 4.78 is 1.82. The largest absolute Gasteiger partial charge is 0.334 e. The molecule has 20 heavy (non-hydrogen) atoms. The summed E-state index contributed by atoms with van der Waals surface area (Å²) >= 11 is 1.75. The first kappa shape index (κ1) is 13.6. The molecule has 2 heterocycles. The smallest absolute Gasteiger partial charge is 0.214 e. The highest BCUT2D eigenvalue weighted by Crippen LogP contribution is 2.16. The topological polar surface area (TPSA) is 48.0 Å². The van der Waals surface area contributed by atoms with Crippen LogP contribution in [0.15, 0.2) is 35.5 Å². The molecule has 1 fully saturated rings. The summed E-state index contributed by atoms with van der Waals surface area (Å²) in [7, 11) is 0. The molecule has 2 aromatic rings.